The maximum Gasteiger partial charge on any atom is 0.252 e. The highest BCUT2D eigenvalue weighted by molar-refractivity contribution is 7.20. The number of carbonyl (C=O) groups excluding carboxylic acids is 2. The number of hydrogen-bond acceptors (Lipinski definition) is 4. The van der Waals surface area contributed by atoms with E-state index in [1.807, 2.05) is 18.2 Å². The Morgan fingerprint density at radius 2 is 2.00 bits per heavy atom. The number of primary amides is 1. The summed E-state index contributed by atoms with van der Waals surface area (Å²) >= 11 is 1.41. The van der Waals surface area contributed by atoms with Crippen LogP contribution >= 0.6 is 11.3 Å². The molecule has 0 aliphatic heterocycles. The van der Waals surface area contributed by atoms with Gasteiger partial charge in [0.2, 0.25) is 5.91 Å². The SMILES string of the molecule is COc1cccc2c1CCCc1c-2sc(NC(C)=O)c1C(N)=O. The number of thiophene rings is 1. The average molecular weight is 330 g/mol. The van der Waals surface area contributed by atoms with Crippen LogP contribution in [0.5, 0.6) is 5.75 Å². The van der Waals surface area contributed by atoms with Gasteiger partial charge in [0, 0.05) is 17.4 Å². The lowest BCUT2D eigenvalue weighted by Crippen LogP contribution is -2.16. The summed E-state index contributed by atoms with van der Waals surface area (Å²) in [5, 5.41) is 3.27. The third-order valence-electron chi connectivity index (χ3n) is 3.99. The minimum atomic E-state index is -0.502. The standard InChI is InChI=1S/C17H18N2O3S/c1-9(20)19-17-14(16(18)21)12-7-3-5-10-11(15(12)23-17)6-4-8-13(10)22-2/h4,6,8H,3,5,7H2,1-2H3,(H2,18,21)(H,19,20). The van der Waals surface area contributed by atoms with Crippen molar-refractivity contribution in [1.82, 2.24) is 0 Å². The van der Waals surface area contributed by atoms with Crippen LogP contribution in [0.2, 0.25) is 0 Å². The first-order valence-electron chi connectivity index (χ1n) is 7.42. The minimum absolute atomic E-state index is 0.213. The molecule has 1 heterocycles. The fraction of sp³-hybridized carbons (Fsp3) is 0.294. The Morgan fingerprint density at radius 1 is 1.26 bits per heavy atom. The average Bonchev–Trinajstić information content (AvgIpc) is 2.75. The van der Waals surface area contributed by atoms with E-state index in [9.17, 15) is 9.59 Å². The Bertz CT molecular complexity index is 795. The summed E-state index contributed by atoms with van der Waals surface area (Å²) in [4.78, 5) is 24.4. The molecule has 5 nitrogen and oxygen atoms in total. The molecule has 2 aromatic rings. The molecule has 2 amide bonds. The quantitative estimate of drug-likeness (QED) is 0.908. The van der Waals surface area contributed by atoms with Gasteiger partial charge in [0.25, 0.3) is 5.91 Å². The zero-order valence-electron chi connectivity index (χ0n) is 13.1. The highest BCUT2D eigenvalue weighted by Gasteiger charge is 2.27. The van der Waals surface area contributed by atoms with Gasteiger partial charge >= 0.3 is 0 Å². The van der Waals surface area contributed by atoms with Gasteiger partial charge in [-0.15, -0.1) is 11.3 Å². The van der Waals surface area contributed by atoms with Gasteiger partial charge in [-0.05, 0) is 36.5 Å². The summed E-state index contributed by atoms with van der Waals surface area (Å²) in [6.07, 6.45) is 2.53. The van der Waals surface area contributed by atoms with Crippen molar-refractivity contribution in [3.05, 3.63) is 34.9 Å². The van der Waals surface area contributed by atoms with Gasteiger partial charge in [0.1, 0.15) is 10.8 Å². The predicted octanol–water partition coefficient (Wildman–Crippen LogP) is 2.97. The monoisotopic (exact) mass is 330 g/mol. The van der Waals surface area contributed by atoms with Crippen LogP contribution < -0.4 is 15.8 Å². The molecule has 3 N–H and O–H groups in total. The lowest BCUT2D eigenvalue weighted by molar-refractivity contribution is -0.114. The molecule has 0 saturated heterocycles. The second-order valence-corrected chi connectivity index (χ2v) is 6.52. The van der Waals surface area contributed by atoms with Crippen LogP contribution in [-0.2, 0) is 17.6 Å². The summed E-state index contributed by atoms with van der Waals surface area (Å²) in [5.74, 6) is 0.137. The first-order valence-corrected chi connectivity index (χ1v) is 8.24. The number of hydrogen-bond donors (Lipinski definition) is 2. The fourth-order valence-electron chi connectivity index (χ4n) is 3.10. The third kappa shape index (κ3) is 2.70. The number of nitrogens with two attached hydrogens (primary N) is 1. The Hall–Kier alpha value is -2.34. The molecule has 23 heavy (non-hydrogen) atoms. The van der Waals surface area contributed by atoms with Crippen LogP contribution in [0.15, 0.2) is 18.2 Å². The van der Waals surface area contributed by atoms with E-state index in [1.165, 1.54) is 18.3 Å². The maximum absolute atomic E-state index is 11.9. The van der Waals surface area contributed by atoms with Crippen molar-refractivity contribution in [3.8, 4) is 16.2 Å². The van der Waals surface area contributed by atoms with E-state index in [2.05, 4.69) is 5.32 Å². The van der Waals surface area contributed by atoms with Gasteiger partial charge in [0.05, 0.1) is 12.7 Å². The van der Waals surface area contributed by atoms with Crippen LogP contribution in [0, 0.1) is 0 Å². The smallest absolute Gasteiger partial charge is 0.252 e. The molecule has 120 valence electrons. The van der Waals surface area contributed by atoms with Gasteiger partial charge in [-0.2, -0.15) is 0 Å². The van der Waals surface area contributed by atoms with Gasteiger partial charge in [-0.25, -0.2) is 0 Å². The van der Waals surface area contributed by atoms with E-state index in [0.29, 0.717) is 10.6 Å². The molecule has 3 rings (SSSR count). The van der Waals surface area contributed by atoms with Crippen LogP contribution in [0.3, 0.4) is 0 Å². The Labute approximate surface area is 138 Å². The lowest BCUT2D eigenvalue weighted by Gasteiger charge is -2.10. The van der Waals surface area contributed by atoms with Crippen molar-refractivity contribution in [2.75, 3.05) is 12.4 Å². The van der Waals surface area contributed by atoms with Crippen LogP contribution in [0.4, 0.5) is 5.00 Å². The Kier molecular flexibility index (Phi) is 4.09. The third-order valence-corrected chi connectivity index (χ3v) is 5.17. The molecule has 0 spiro atoms. The number of ether oxygens (including phenoxy) is 1. The van der Waals surface area contributed by atoms with Crippen molar-refractivity contribution < 1.29 is 14.3 Å². The van der Waals surface area contributed by atoms with Gasteiger partial charge in [0.15, 0.2) is 0 Å². The second kappa shape index (κ2) is 6.04. The van der Waals surface area contributed by atoms with Gasteiger partial charge < -0.3 is 15.8 Å². The topological polar surface area (TPSA) is 81.4 Å². The van der Waals surface area contributed by atoms with Crippen molar-refractivity contribution in [1.29, 1.82) is 0 Å². The second-order valence-electron chi connectivity index (χ2n) is 5.50. The number of nitrogens with one attached hydrogen (secondary N) is 1. The number of anilines is 1. The van der Waals surface area contributed by atoms with Crippen LogP contribution in [0.25, 0.3) is 10.4 Å². The zero-order valence-corrected chi connectivity index (χ0v) is 13.9. The van der Waals surface area contributed by atoms with Crippen LogP contribution in [0.1, 0.15) is 34.8 Å². The van der Waals surface area contributed by atoms with E-state index in [4.69, 9.17) is 10.5 Å². The Balaban J connectivity index is 2.25. The molecule has 1 aliphatic carbocycles. The minimum Gasteiger partial charge on any atom is -0.496 e. The molecule has 0 saturated carbocycles. The van der Waals surface area contributed by atoms with Crippen molar-refractivity contribution in [3.63, 3.8) is 0 Å². The predicted molar refractivity (Wildman–Crippen MR) is 91.2 cm³/mol. The summed E-state index contributed by atoms with van der Waals surface area (Å²) in [6, 6.07) is 5.91. The molecule has 0 bridgehead atoms. The first-order chi connectivity index (χ1) is 11.0. The van der Waals surface area contributed by atoms with E-state index in [-0.39, 0.29) is 5.91 Å². The van der Waals surface area contributed by atoms with Gasteiger partial charge in [-0.1, -0.05) is 12.1 Å². The first kappa shape index (κ1) is 15.6. The molecule has 6 heteroatoms. The summed E-state index contributed by atoms with van der Waals surface area (Å²) < 4.78 is 5.48. The maximum atomic E-state index is 11.9. The zero-order chi connectivity index (χ0) is 16.6. The highest BCUT2D eigenvalue weighted by Crippen LogP contribution is 2.45. The summed E-state index contributed by atoms with van der Waals surface area (Å²) in [7, 11) is 1.66. The molecule has 1 aromatic heterocycles. The molecule has 0 unspecified atom stereocenters. The highest BCUT2D eigenvalue weighted by atomic mass is 32.1. The summed E-state index contributed by atoms with van der Waals surface area (Å²) in [5.41, 5.74) is 9.14. The van der Waals surface area contributed by atoms with Gasteiger partial charge in [-0.3, -0.25) is 9.59 Å². The normalized spacial score (nSPS) is 12.8. The number of fused-ring (bicyclic) bond motifs is 3. The Morgan fingerprint density at radius 3 is 2.65 bits per heavy atom. The summed E-state index contributed by atoms with van der Waals surface area (Å²) in [6.45, 7) is 1.42. The molecule has 1 aromatic carbocycles. The van der Waals surface area contributed by atoms with Crippen LogP contribution in [-0.4, -0.2) is 18.9 Å². The number of methoxy groups -OCH3 is 1. The van der Waals surface area contributed by atoms with Crippen molar-refractivity contribution in [2.45, 2.75) is 26.2 Å². The number of rotatable bonds is 3. The van der Waals surface area contributed by atoms with E-state index in [0.717, 1.165) is 46.6 Å². The van der Waals surface area contributed by atoms with E-state index in [1.54, 1.807) is 7.11 Å². The fourth-order valence-corrected chi connectivity index (χ4v) is 4.45. The number of amides is 2. The number of benzene rings is 1. The molecule has 0 fully saturated rings. The molecule has 0 radical (unpaired) electrons. The van der Waals surface area contributed by atoms with E-state index < -0.39 is 5.91 Å². The largest absolute Gasteiger partial charge is 0.496 e. The molecule has 1 aliphatic rings. The van der Waals surface area contributed by atoms with Crippen molar-refractivity contribution >= 4 is 28.2 Å². The molecule has 0 atom stereocenters. The lowest BCUT2D eigenvalue weighted by atomic mass is 10.0. The number of carbonyl (C=O) groups is 2. The molecular formula is C17H18N2O3S. The van der Waals surface area contributed by atoms with Crippen molar-refractivity contribution in [2.24, 2.45) is 5.73 Å². The molecular weight excluding hydrogens is 312 g/mol. The van der Waals surface area contributed by atoms with E-state index >= 15 is 0 Å².